The zero-order valence-electron chi connectivity index (χ0n) is 14.6. The summed E-state index contributed by atoms with van der Waals surface area (Å²) in [5.41, 5.74) is 0. The fraction of sp³-hybridized carbons (Fsp3) is 0.824. The Balaban J connectivity index is 1.52. The van der Waals surface area contributed by atoms with Crippen molar-refractivity contribution in [3.8, 4) is 0 Å². The highest BCUT2D eigenvalue weighted by Gasteiger charge is 2.30. The summed E-state index contributed by atoms with van der Waals surface area (Å²) in [5, 5.41) is 17.5. The average molecular weight is 336 g/mol. The Hall–Kier alpha value is -1.63. The van der Waals surface area contributed by atoms with E-state index in [2.05, 4.69) is 28.9 Å². The molecule has 2 aliphatic heterocycles. The van der Waals surface area contributed by atoms with Gasteiger partial charge >= 0.3 is 6.09 Å². The number of hydrogen-bond donors (Lipinski definition) is 1. The molecule has 0 aliphatic carbocycles. The van der Waals surface area contributed by atoms with Gasteiger partial charge in [-0.25, -0.2) is 4.79 Å². The van der Waals surface area contributed by atoms with Crippen molar-refractivity contribution in [1.29, 1.82) is 0 Å². The molecule has 2 saturated heterocycles. The molecule has 3 heterocycles. The van der Waals surface area contributed by atoms with Crippen molar-refractivity contribution >= 4 is 6.09 Å². The molecule has 134 valence electrons. The van der Waals surface area contributed by atoms with E-state index in [0.29, 0.717) is 25.0 Å². The third-order valence-corrected chi connectivity index (χ3v) is 5.31. The molecular formula is C17H28N4O3. The van der Waals surface area contributed by atoms with Gasteiger partial charge in [0.25, 0.3) is 0 Å². The number of rotatable bonds is 3. The minimum absolute atomic E-state index is 0.273. The van der Waals surface area contributed by atoms with E-state index >= 15 is 0 Å². The number of piperidine rings is 1. The van der Waals surface area contributed by atoms with Gasteiger partial charge in [-0.05, 0) is 45.2 Å². The van der Waals surface area contributed by atoms with Crippen LogP contribution in [0.3, 0.4) is 0 Å². The third-order valence-electron chi connectivity index (χ3n) is 5.31. The van der Waals surface area contributed by atoms with Crippen LogP contribution in [0.5, 0.6) is 0 Å². The molecule has 0 aromatic carbocycles. The highest BCUT2D eigenvalue weighted by atomic mass is 16.4. The fourth-order valence-electron chi connectivity index (χ4n) is 3.79. The summed E-state index contributed by atoms with van der Waals surface area (Å²) in [6, 6.07) is 0.504. The number of nitrogens with zero attached hydrogens (tertiary/aromatic N) is 4. The molecule has 1 amide bonds. The first kappa shape index (κ1) is 17.2. The lowest BCUT2D eigenvalue weighted by Gasteiger charge is -2.36. The molecule has 0 radical (unpaired) electrons. The summed E-state index contributed by atoms with van der Waals surface area (Å²) < 4.78 is 5.81. The van der Waals surface area contributed by atoms with Gasteiger partial charge < -0.3 is 19.3 Å². The maximum atomic E-state index is 11.1. The van der Waals surface area contributed by atoms with Gasteiger partial charge in [0.05, 0.1) is 0 Å². The monoisotopic (exact) mass is 336 g/mol. The van der Waals surface area contributed by atoms with Crippen molar-refractivity contribution in [2.24, 2.45) is 0 Å². The van der Waals surface area contributed by atoms with Gasteiger partial charge in [0.1, 0.15) is 0 Å². The maximum absolute atomic E-state index is 11.1. The molecule has 3 rings (SSSR count). The van der Waals surface area contributed by atoms with Crippen molar-refractivity contribution in [2.45, 2.75) is 63.8 Å². The highest BCUT2D eigenvalue weighted by Crippen LogP contribution is 2.30. The van der Waals surface area contributed by atoms with Crippen molar-refractivity contribution in [3.05, 3.63) is 11.8 Å². The Labute approximate surface area is 143 Å². The number of carbonyl (C=O) groups is 1. The molecule has 2 fully saturated rings. The quantitative estimate of drug-likeness (QED) is 0.914. The Bertz CT molecular complexity index is 552. The zero-order valence-corrected chi connectivity index (χ0v) is 14.6. The van der Waals surface area contributed by atoms with Gasteiger partial charge in [0.15, 0.2) is 0 Å². The third kappa shape index (κ3) is 3.88. The maximum Gasteiger partial charge on any atom is 0.407 e. The van der Waals surface area contributed by atoms with Crippen LogP contribution in [0.15, 0.2) is 4.42 Å². The number of amides is 1. The molecule has 1 unspecified atom stereocenters. The van der Waals surface area contributed by atoms with E-state index in [9.17, 15) is 4.79 Å². The molecule has 1 aromatic heterocycles. The van der Waals surface area contributed by atoms with Crippen LogP contribution in [-0.2, 0) is 0 Å². The van der Waals surface area contributed by atoms with Crippen LogP contribution < -0.4 is 0 Å². The molecule has 0 spiro atoms. The summed E-state index contributed by atoms with van der Waals surface area (Å²) in [5.74, 6) is 2.15. The van der Waals surface area contributed by atoms with Crippen LogP contribution in [0, 0.1) is 0 Å². The number of aromatic nitrogens is 2. The summed E-state index contributed by atoms with van der Waals surface area (Å²) in [6.45, 7) is 7.51. The van der Waals surface area contributed by atoms with Gasteiger partial charge in [-0.2, -0.15) is 0 Å². The largest absolute Gasteiger partial charge is 0.465 e. The lowest BCUT2D eigenvalue weighted by molar-refractivity contribution is 0.127. The molecule has 7 heteroatoms. The van der Waals surface area contributed by atoms with E-state index in [-0.39, 0.29) is 5.92 Å². The number of likely N-dealkylation sites (tertiary alicyclic amines) is 2. The summed E-state index contributed by atoms with van der Waals surface area (Å²) in [4.78, 5) is 15.2. The van der Waals surface area contributed by atoms with Crippen LogP contribution in [0.2, 0.25) is 0 Å². The normalized spacial score (nSPS) is 24.3. The van der Waals surface area contributed by atoms with Crippen LogP contribution in [0.25, 0.3) is 0 Å². The predicted octanol–water partition coefficient (Wildman–Crippen LogP) is 2.90. The van der Waals surface area contributed by atoms with Gasteiger partial charge in [-0.1, -0.05) is 13.8 Å². The van der Waals surface area contributed by atoms with E-state index in [0.717, 1.165) is 57.0 Å². The highest BCUT2D eigenvalue weighted by molar-refractivity contribution is 5.64. The Morgan fingerprint density at radius 1 is 1.12 bits per heavy atom. The minimum Gasteiger partial charge on any atom is -0.465 e. The molecule has 7 nitrogen and oxygen atoms in total. The predicted molar refractivity (Wildman–Crippen MR) is 89.2 cm³/mol. The van der Waals surface area contributed by atoms with E-state index in [4.69, 9.17) is 9.52 Å². The summed E-state index contributed by atoms with van der Waals surface area (Å²) >= 11 is 0. The molecule has 24 heavy (non-hydrogen) atoms. The Kier molecular flexibility index (Phi) is 5.38. The van der Waals surface area contributed by atoms with E-state index in [1.54, 1.807) is 4.90 Å². The topological polar surface area (TPSA) is 82.7 Å². The number of carboxylic acid groups (broad SMARTS) is 1. The average Bonchev–Trinajstić information content (AvgIpc) is 2.93. The fourth-order valence-corrected chi connectivity index (χ4v) is 3.79. The second-order valence-electron chi connectivity index (χ2n) is 7.30. The van der Waals surface area contributed by atoms with Crippen LogP contribution in [-0.4, -0.2) is 63.4 Å². The molecule has 0 saturated carbocycles. The van der Waals surface area contributed by atoms with Crippen molar-refractivity contribution in [2.75, 3.05) is 26.2 Å². The lowest BCUT2D eigenvalue weighted by atomic mass is 9.94. The first-order valence-corrected chi connectivity index (χ1v) is 9.09. The second-order valence-corrected chi connectivity index (χ2v) is 7.30. The van der Waals surface area contributed by atoms with E-state index in [1.165, 1.54) is 0 Å². The summed E-state index contributed by atoms with van der Waals surface area (Å²) in [7, 11) is 0. The minimum atomic E-state index is -0.785. The molecule has 1 N–H and O–H groups in total. The Morgan fingerprint density at radius 3 is 2.50 bits per heavy atom. The van der Waals surface area contributed by atoms with Crippen molar-refractivity contribution in [1.82, 2.24) is 20.0 Å². The van der Waals surface area contributed by atoms with E-state index in [1.807, 2.05) is 0 Å². The lowest BCUT2D eigenvalue weighted by Crippen LogP contribution is -2.41. The molecular weight excluding hydrogens is 308 g/mol. The Morgan fingerprint density at radius 2 is 1.88 bits per heavy atom. The zero-order chi connectivity index (χ0) is 17.1. The van der Waals surface area contributed by atoms with Crippen LogP contribution in [0.4, 0.5) is 4.79 Å². The smallest absolute Gasteiger partial charge is 0.407 e. The molecule has 0 bridgehead atoms. The van der Waals surface area contributed by atoms with Crippen LogP contribution >= 0.6 is 0 Å². The summed E-state index contributed by atoms with van der Waals surface area (Å²) in [6.07, 6.45) is 4.28. The molecule has 1 atom stereocenters. The van der Waals surface area contributed by atoms with Gasteiger partial charge in [0, 0.05) is 31.0 Å². The van der Waals surface area contributed by atoms with Gasteiger partial charge in [-0.15, -0.1) is 10.2 Å². The number of hydrogen-bond acceptors (Lipinski definition) is 5. The standard InChI is InChI=1S/C17H28N4O3/c1-12(2)15-18-19-16(24-15)13-5-9-20(10-6-13)14-4-3-8-21(11-7-14)17(22)23/h12-14H,3-11H2,1-2H3,(H,22,23). The SMILES string of the molecule is CC(C)c1nnc(C2CCN(C3CCCN(C(=O)O)CC3)CC2)o1. The van der Waals surface area contributed by atoms with Gasteiger partial charge in [-0.3, -0.25) is 0 Å². The molecule has 2 aliphatic rings. The first-order valence-electron chi connectivity index (χ1n) is 9.09. The van der Waals surface area contributed by atoms with Crippen molar-refractivity contribution < 1.29 is 14.3 Å². The van der Waals surface area contributed by atoms with Gasteiger partial charge in [0.2, 0.25) is 11.8 Å². The second kappa shape index (κ2) is 7.51. The van der Waals surface area contributed by atoms with Crippen LogP contribution in [0.1, 0.15) is 69.6 Å². The van der Waals surface area contributed by atoms with Crippen molar-refractivity contribution in [3.63, 3.8) is 0 Å². The van der Waals surface area contributed by atoms with E-state index < -0.39 is 6.09 Å². The first-order chi connectivity index (χ1) is 11.5. The molecule has 1 aromatic rings.